The number of hydrogen-bond acceptors (Lipinski definition) is 3. The van der Waals surface area contributed by atoms with Gasteiger partial charge in [-0.3, -0.25) is 0 Å². The van der Waals surface area contributed by atoms with Gasteiger partial charge in [0.25, 0.3) is 0 Å². The molecule has 1 spiro atoms. The van der Waals surface area contributed by atoms with E-state index in [0.717, 1.165) is 13.2 Å². The predicted octanol–water partition coefficient (Wildman–Crippen LogP) is 2.49. The summed E-state index contributed by atoms with van der Waals surface area (Å²) in [5, 5.41) is 3.88. The average Bonchev–Trinajstić information content (AvgIpc) is 2.99. The van der Waals surface area contributed by atoms with Gasteiger partial charge in [0, 0.05) is 30.7 Å². The molecule has 3 aliphatic rings. The van der Waals surface area contributed by atoms with Gasteiger partial charge in [0.2, 0.25) is 0 Å². The van der Waals surface area contributed by atoms with Crippen molar-refractivity contribution in [3.05, 3.63) is 0 Å². The maximum atomic E-state index is 5.97. The van der Waals surface area contributed by atoms with Crippen LogP contribution in [0.2, 0.25) is 0 Å². The molecule has 0 radical (unpaired) electrons. The molecule has 3 heteroatoms. The second kappa shape index (κ2) is 5.10. The Morgan fingerprint density at radius 1 is 1.33 bits per heavy atom. The van der Waals surface area contributed by atoms with E-state index in [1.54, 1.807) is 0 Å². The van der Waals surface area contributed by atoms with E-state index >= 15 is 0 Å². The maximum absolute atomic E-state index is 5.97. The first-order valence-electron chi connectivity index (χ1n) is 7.75. The van der Waals surface area contributed by atoms with Gasteiger partial charge < -0.3 is 14.8 Å². The van der Waals surface area contributed by atoms with Gasteiger partial charge in [0.05, 0.1) is 12.2 Å². The van der Waals surface area contributed by atoms with Crippen molar-refractivity contribution in [1.82, 2.24) is 5.32 Å². The minimum absolute atomic E-state index is 0.384. The van der Waals surface area contributed by atoms with Crippen LogP contribution in [0, 0.1) is 5.41 Å². The summed E-state index contributed by atoms with van der Waals surface area (Å²) >= 11 is 0. The molecule has 3 rings (SSSR count). The standard InChI is InChI=1S/C15H27NO2/c1-3-17-14-10-13(15(14)7-4-5-8-15)16-12-6-9-18-11(12)2/h11-14,16H,3-10H2,1-2H3. The molecule has 0 aromatic heterocycles. The first kappa shape index (κ1) is 12.9. The Balaban J connectivity index is 1.62. The first-order chi connectivity index (χ1) is 8.76. The van der Waals surface area contributed by atoms with Gasteiger partial charge in [-0.15, -0.1) is 0 Å². The molecule has 2 saturated carbocycles. The van der Waals surface area contributed by atoms with Crippen LogP contribution in [-0.4, -0.2) is 37.5 Å². The summed E-state index contributed by atoms with van der Waals surface area (Å²) < 4.78 is 11.6. The Hall–Kier alpha value is -0.120. The third-order valence-electron chi connectivity index (χ3n) is 5.48. The minimum atomic E-state index is 0.384. The van der Waals surface area contributed by atoms with Gasteiger partial charge in [0.15, 0.2) is 0 Å². The lowest BCUT2D eigenvalue weighted by Gasteiger charge is -2.55. The van der Waals surface area contributed by atoms with Crippen molar-refractivity contribution in [2.45, 2.75) is 76.7 Å². The van der Waals surface area contributed by atoms with Crippen molar-refractivity contribution in [1.29, 1.82) is 0 Å². The topological polar surface area (TPSA) is 30.5 Å². The van der Waals surface area contributed by atoms with Crippen LogP contribution in [0.15, 0.2) is 0 Å². The molecule has 0 bridgehead atoms. The third kappa shape index (κ3) is 2.00. The zero-order chi connectivity index (χ0) is 12.6. The highest BCUT2D eigenvalue weighted by Crippen LogP contribution is 2.55. The molecule has 0 aromatic carbocycles. The second-order valence-electron chi connectivity index (χ2n) is 6.31. The first-order valence-corrected chi connectivity index (χ1v) is 7.75. The average molecular weight is 253 g/mol. The zero-order valence-electron chi connectivity index (χ0n) is 11.8. The Morgan fingerprint density at radius 3 is 2.72 bits per heavy atom. The molecule has 3 fully saturated rings. The van der Waals surface area contributed by atoms with Crippen molar-refractivity contribution >= 4 is 0 Å². The summed E-state index contributed by atoms with van der Waals surface area (Å²) in [6.45, 7) is 6.11. The van der Waals surface area contributed by atoms with Crippen molar-refractivity contribution in [3.63, 3.8) is 0 Å². The van der Waals surface area contributed by atoms with Crippen LogP contribution in [-0.2, 0) is 9.47 Å². The van der Waals surface area contributed by atoms with Gasteiger partial charge >= 0.3 is 0 Å². The largest absolute Gasteiger partial charge is 0.378 e. The lowest BCUT2D eigenvalue weighted by Crippen LogP contribution is -2.65. The molecule has 4 unspecified atom stereocenters. The molecule has 3 nitrogen and oxygen atoms in total. The van der Waals surface area contributed by atoms with Crippen LogP contribution in [0.1, 0.15) is 52.4 Å². The lowest BCUT2D eigenvalue weighted by atomic mass is 9.60. The maximum Gasteiger partial charge on any atom is 0.0700 e. The Kier molecular flexibility index (Phi) is 3.65. The summed E-state index contributed by atoms with van der Waals surface area (Å²) in [4.78, 5) is 0. The van der Waals surface area contributed by atoms with Gasteiger partial charge in [-0.25, -0.2) is 0 Å². The normalized spacial score (nSPS) is 42.3. The SMILES string of the molecule is CCOC1CC(NC2CCOC2C)C12CCCC2. The van der Waals surface area contributed by atoms with E-state index in [9.17, 15) is 0 Å². The van der Waals surface area contributed by atoms with Gasteiger partial charge in [0.1, 0.15) is 0 Å². The summed E-state index contributed by atoms with van der Waals surface area (Å²) in [6.07, 6.45) is 8.77. The van der Waals surface area contributed by atoms with E-state index in [1.165, 1.54) is 38.5 Å². The highest BCUT2D eigenvalue weighted by Gasteiger charge is 2.57. The summed E-state index contributed by atoms with van der Waals surface area (Å²) in [6, 6.07) is 1.24. The fraction of sp³-hybridized carbons (Fsp3) is 1.00. The van der Waals surface area contributed by atoms with E-state index in [-0.39, 0.29) is 0 Å². The fourth-order valence-electron chi connectivity index (χ4n) is 4.33. The Bertz CT molecular complexity index is 288. The molecule has 1 saturated heterocycles. The predicted molar refractivity (Wildman–Crippen MR) is 71.7 cm³/mol. The van der Waals surface area contributed by atoms with E-state index in [4.69, 9.17) is 9.47 Å². The Labute approximate surface area is 111 Å². The number of rotatable bonds is 4. The molecule has 0 aromatic rings. The van der Waals surface area contributed by atoms with Crippen molar-refractivity contribution in [2.75, 3.05) is 13.2 Å². The van der Waals surface area contributed by atoms with Crippen LogP contribution in [0.4, 0.5) is 0 Å². The highest BCUT2D eigenvalue weighted by molar-refractivity contribution is 5.11. The summed E-state index contributed by atoms with van der Waals surface area (Å²) in [7, 11) is 0. The van der Waals surface area contributed by atoms with Gasteiger partial charge in [-0.05, 0) is 39.5 Å². The highest BCUT2D eigenvalue weighted by atomic mass is 16.5. The molecule has 18 heavy (non-hydrogen) atoms. The molecule has 0 amide bonds. The second-order valence-corrected chi connectivity index (χ2v) is 6.31. The van der Waals surface area contributed by atoms with Crippen LogP contribution >= 0.6 is 0 Å². The molecule has 1 N–H and O–H groups in total. The molecular weight excluding hydrogens is 226 g/mol. The van der Waals surface area contributed by atoms with Crippen molar-refractivity contribution in [3.8, 4) is 0 Å². The smallest absolute Gasteiger partial charge is 0.0700 e. The summed E-state index contributed by atoms with van der Waals surface area (Å²) in [5.41, 5.74) is 0.457. The van der Waals surface area contributed by atoms with Crippen LogP contribution in [0.5, 0.6) is 0 Å². The quantitative estimate of drug-likeness (QED) is 0.835. The monoisotopic (exact) mass is 253 g/mol. The molecule has 1 aliphatic heterocycles. The fourth-order valence-corrected chi connectivity index (χ4v) is 4.33. The number of ether oxygens (including phenoxy) is 2. The molecular formula is C15H27NO2. The molecule has 104 valence electrons. The third-order valence-corrected chi connectivity index (χ3v) is 5.48. The zero-order valence-corrected chi connectivity index (χ0v) is 11.8. The molecule has 1 heterocycles. The van der Waals surface area contributed by atoms with Gasteiger partial charge in [-0.2, -0.15) is 0 Å². The molecule has 4 atom stereocenters. The van der Waals surface area contributed by atoms with E-state index in [1.807, 2.05) is 0 Å². The van der Waals surface area contributed by atoms with Crippen molar-refractivity contribution < 1.29 is 9.47 Å². The molecule has 2 aliphatic carbocycles. The Morgan fingerprint density at radius 2 is 2.11 bits per heavy atom. The van der Waals surface area contributed by atoms with Crippen LogP contribution in [0.25, 0.3) is 0 Å². The van der Waals surface area contributed by atoms with Gasteiger partial charge in [-0.1, -0.05) is 12.8 Å². The van der Waals surface area contributed by atoms with Crippen molar-refractivity contribution in [2.24, 2.45) is 5.41 Å². The van der Waals surface area contributed by atoms with E-state index in [2.05, 4.69) is 19.2 Å². The number of nitrogens with one attached hydrogen (secondary N) is 1. The van der Waals surface area contributed by atoms with E-state index < -0.39 is 0 Å². The van der Waals surface area contributed by atoms with E-state index in [0.29, 0.717) is 29.7 Å². The minimum Gasteiger partial charge on any atom is -0.378 e. The van der Waals surface area contributed by atoms with Crippen LogP contribution in [0.3, 0.4) is 0 Å². The lowest BCUT2D eigenvalue weighted by molar-refractivity contribution is -0.133. The summed E-state index contributed by atoms with van der Waals surface area (Å²) in [5.74, 6) is 0. The number of hydrogen-bond donors (Lipinski definition) is 1. The van der Waals surface area contributed by atoms with Crippen LogP contribution < -0.4 is 5.32 Å².